The fourth-order valence-corrected chi connectivity index (χ4v) is 3.68. The molecule has 1 heterocycles. The molecule has 7 nitrogen and oxygen atoms in total. The number of methoxy groups -OCH3 is 2. The molecule has 31 heavy (non-hydrogen) atoms. The van der Waals surface area contributed by atoms with Crippen molar-refractivity contribution in [2.75, 3.05) is 39.2 Å². The summed E-state index contributed by atoms with van der Waals surface area (Å²) in [6.45, 7) is 2.00. The Labute approximate surface area is 183 Å². The number of carbonyl (C=O) groups is 2. The standard InChI is InChI=1S/C24H31N3O4/c1-30-20-10-7-18(8-11-20)9-12-23(28)25-17-19-13-15-27(16-14-19)24(29)26-21-5-3-4-6-22(21)31-2/h3-8,10-11,19H,9,12-17H2,1-2H3,(H,25,28)(H,26,29). The number of urea groups is 1. The van der Waals surface area contributed by atoms with E-state index in [1.807, 2.05) is 53.4 Å². The minimum Gasteiger partial charge on any atom is -0.497 e. The zero-order valence-corrected chi connectivity index (χ0v) is 18.2. The SMILES string of the molecule is COc1ccc(CCC(=O)NCC2CCN(C(=O)Nc3ccccc3OC)CC2)cc1. The summed E-state index contributed by atoms with van der Waals surface area (Å²) in [5.74, 6) is 1.91. The number of para-hydroxylation sites is 2. The van der Waals surface area contributed by atoms with Crippen LogP contribution in [-0.4, -0.2) is 50.7 Å². The van der Waals surface area contributed by atoms with Gasteiger partial charge in [-0.2, -0.15) is 0 Å². The van der Waals surface area contributed by atoms with Crippen LogP contribution in [0.4, 0.5) is 10.5 Å². The van der Waals surface area contributed by atoms with Gasteiger partial charge in [0.05, 0.1) is 19.9 Å². The van der Waals surface area contributed by atoms with Crippen LogP contribution in [0.15, 0.2) is 48.5 Å². The summed E-state index contributed by atoms with van der Waals surface area (Å²) in [5.41, 5.74) is 1.78. The highest BCUT2D eigenvalue weighted by atomic mass is 16.5. The molecule has 2 aromatic rings. The van der Waals surface area contributed by atoms with Gasteiger partial charge in [-0.05, 0) is 55.0 Å². The van der Waals surface area contributed by atoms with E-state index >= 15 is 0 Å². The first kappa shape index (κ1) is 22.5. The lowest BCUT2D eigenvalue weighted by Gasteiger charge is -2.32. The molecule has 0 aromatic heterocycles. The van der Waals surface area contributed by atoms with Crippen molar-refractivity contribution in [1.82, 2.24) is 10.2 Å². The van der Waals surface area contributed by atoms with Crippen molar-refractivity contribution in [3.05, 3.63) is 54.1 Å². The normalized spacial score (nSPS) is 14.1. The molecule has 3 rings (SSSR count). The number of likely N-dealkylation sites (tertiary alicyclic amines) is 1. The average Bonchev–Trinajstić information content (AvgIpc) is 2.82. The molecular weight excluding hydrogens is 394 g/mol. The largest absolute Gasteiger partial charge is 0.497 e. The highest BCUT2D eigenvalue weighted by Gasteiger charge is 2.23. The summed E-state index contributed by atoms with van der Waals surface area (Å²) in [5, 5.41) is 5.96. The molecule has 3 amide bonds. The van der Waals surface area contributed by atoms with Crippen molar-refractivity contribution < 1.29 is 19.1 Å². The molecular formula is C24H31N3O4. The smallest absolute Gasteiger partial charge is 0.321 e. The first-order chi connectivity index (χ1) is 15.1. The number of anilines is 1. The van der Waals surface area contributed by atoms with Crippen LogP contribution in [0, 0.1) is 5.92 Å². The predicted octanol–water partition coefficient (Wildman–Crippen LogP) is 3.70. The van der Waals surface area contributed by atoms with Gasteiger partial charge in [-0.25, -0.2) is 4.79 Å². The Hall–Kier alpha value is -3.22. The third-order valence-electron chi connectivity index (χ3n) is 5.64. The molecule has 0 aliphatic carbocycles. The van der Waals surface area contributed by atoms with Crippen LogP contribution in [0.5, 0.6) is 11.5 Å². The summed E-state index contributed by atoms with van der Waals surface area (Å²) in [7, 11) is 3.22. The molecule has 1 saturated heterocycles. The summed E-state index contributed by atoms with van der Waals surface area (Å²) < 4.78 is 10.4. The van der Waals surface area contributed by atoms with Gasteiger partial charge in [0, 0.05) is 26.1 Å². The molecule has 0 bridgehead atoms. The van der Waals surface area contributed by atoms with Gasteiger partial charge in [-0.3, -0.25) is 4.79 Å². The second kappa shape index (κ2) is 11.2. The van der Waals surface area contributed by atoms with Crippen LogP contribution in [0.3, 0.4) is 0 Å². The van der Waals surface area contributed by atoms with Crippen LogP contribution in [0.25, 0.3) is 0 Å². The van der Waals surface area contributed by atoms with Crippen LogP contribution >= 0.6 is 0 Å². The van der Waals surface area contributed by atoms with E-state index in [2.05, 4.69) is 10.6 Å². The lowest BCUT2D eigenvalue weighted by atomic mass is 9.97. The molecule has 1 aliphatic rings. The third-order valence-corrected chi connectivity index (χ3v) is 5.64. The van der Waals surface area contributed by atoms with Gasteiger partial charge in [0.15, 0.2) is 0 Å². The van der Waals surface area contributed by atoms with E-state index < -0.39 is 0 Å². The second-order valence-corrected chi connectivity index (χ2v) is 7.71. The number of nitrogens with one attached hydrogen (secondary N) is 2. The Morgan fingerprint density at radius 3 is 2.39 bits per heavy atom. The van der Waals surface area contributed by atoms with Gasteiger partial charge in [-0.15, -0.1) is 0 Å². The Kier molecular flexibility index (Phi) is 8.15. The number of amides is 3. The van der Waals surface area contributed by atoms with Crippen LogP contribution < -0.4 is 20.1 Å². The van der Waals surface area contributed by atoms with Crippen molar-refractivity contribution in [3.8, 4) is 11.5 Å². The van der Waals surface area contributed by atoms with Gasteiger partial charge in [0.25, 0.3) is 0 Å². The van der Waals surface area contributed by atoms with Gasteiger partial charge < -0.3 is 25.0 Å². The topological polar surface area (TPSA) is 79.9 Å². The first-order valence-electron chi connectivity index (χ1n) is 10.7. The first-order valence-corrected chi connectivity index (χ1v) is 10.7. The van der Waals surface area contributed by atoms with Crippen LogP contribution in [0.1, 0.15) is 24.8 Å². The molecule has 0 unspecified atom stereocenters. The Morgan fingerprint density at radius 2 is 1.71 bits per heavy atom. The van der Waals surface area contributed by atoms with Gasteiger partial charge >= 0.3 is 6.03 Å². The van der Waals surface area contributed by atoms with Crippen molar-refractivity contribution >= 4 is 17.6 Å². The van der Waals surface area contributed by atoms with Crippen LogP contribution in [-0.2, 0) is 11.2 Å². The summed E-state index contributed by atoms with van der Waals surface area (Å²) in [6.07, 6.45) is 2.92. The number of ether oxygens (including phenoxy) is 2. The maximum atomic E-state index is 12.6. The average molecular weight is 426 g/mol. The molecule has 0 spiro atoms. The van der Waals surface area contributed by atoms with Gasteiger partial charge in [0.2, 0.25) is 5.91 Å². The molecule has 1 aliphatic heterocycles. The number of aryl methyl sites for hydroxylation is 1. The monoisotopic (exact) mass is 425 g/mol. The lowest BCUT2D eigenvalue weighted by molar-refractivity contribution is -0.121. The number of rotatable bonds is 8. The van der Waals surface area contributed by atoms with Crippen molar-refractivity contribution in [3.63, 3.8) is 0 Å². The highest BCUT2D eigenvalue weighted by Crippen LogP contribution is 2.24. The highest BCUT2D eigenvalue weighted by molar-refractivity contribution is 5.91. The van der Waals surface area contributed by atoms with E-state index in [-0.39, 0.29) is 11.9 Å². The zero-order chi connectivity index (χ0) is 22.1. The second-order valence-electron chi connectivity index (χ2n) is 7.71. The number of benzene rings is 2. The minimum atomic E-state index is -0.119. The molecule has 166 valence electrons. The molecule has 0 radical (unpaired) electrons. The third kappa shape index (κ3) is 6.64. The molecule has 1 fully saturated rings. The minimum absolute atomic E-state index is 0.0622. The maximum absolute atomic E-state index is 12.6. The number of hydrogen-bond acceptors (Lipinski definition) is 4. The van der Waals surface area contributed by atoms with E-state index in [1.54, 1.807) is 14.2 Å². The molecule has 2 N–H and O–H groups in total. The van der Waals surface area contributed by atoms with Crippen molar-refractivity contribution in [2.45, 2.75) is 25.7 Å². The quantitative estimate of drug-likeness (QED) is 0.676. The van der Waals surface area contributed by atoms with E-state index in [1.165, 1.54) is 0 Å². The van der Waals surface area contributed by atoms with Crippen molar-refractivity contribution in [2.24, 2.45) is 5.92 Å². The van der Waals surface area contributed by atoms with Crippen molar-refractivity contribution in [1.29, 1.82) is 0 Å². The Bertz CT molecular complexity index is 861. The number of nitrogens with zero attached hydrogens (tertiary/aromatic N) is 1. The number of carbonyl (C=O) groups excluding carboxylic acids is 2. The fourth-order valence-electron chi connectivity index (χ4n) is 3.68. The fraction of sp³-hybridized carbons (Fsp3) is 0.417. The molecule has 0 atom stereocenters. The zero-order valence-electron chi connectivity index (χ0n) is 18.2. The predicted molar refractivity (Wildman–Crippen MR) is 121 cm³/mol. The van der Waals surface area contributed by atoms with E-state index in [0.717, 1.165) is 24.2 Å². The Balaban J connectivity index is 1.35. The van der Waals surface area contributed by atoms with E-state index in [4.69, 9.17) is 9.47 Å². The lowest BCUT2D eigenvalue weighted by Crippen LogP contribution is -2.43. The van der Waals surface area contributed by atoms with Gasteiger partial charge in [0.1, 0.15) is 11.5 Å². The molecule has 0 saturated carbocycles. The van der Waals surface area contributed by atoms with E-state index in [0.29, 0.717) is 49.8 Å². The molecule has 7 heteroatoms. The van der Waals surface area contributed by atoms with E-state index in [9.17, 15) is 9.59 Å². The summed E-state index contributed by atoms with van der Waals surface area (Å²) in [4.78, 5) is 26.6. The number of piperidine rings is 1. The number of hydrogen-bond donors (Lipinski definition) is 2. The molecule has 2 aromatic carbocycles. The van der Waals surface area contributed by atoms with Crippen LogP contribution in [0.2, 0.25) is 0 Å². The van der Waals surface area contributed by atoms with Gasteiger partial charge in [-0.1, -0.05) is 24.3 Å². The summed E-state index contributed by atoms with van der Waals surface area (Å²) in [6, 6.07) is 15.0. The maximum Gasteiger partial charge on any atom is 0.321 e. The summed E-state index contributed by atoms with van der Waals surface area (Å²) >= 11 is 0. The Morgan fingerprint density at radius 1 is 1.00 bits per heavy atom.